The summed E-state index contributed by atoms with van der Waals surface area (Å²) in [5.41, 5.74) is 1.06. The zero-order valence-electron chi connectivity index (χ0n) is 10.6. The molecule has 0 aromatic heterocycles. The van der Waals surface area contributed by atoms with Crippen molar-refractivity contribution in [2.24, 2.45) is 5.92 Å². The van der Waals surface area contributed by atoms with Crippen LogP contribution >= 0.6 is 11.8 Å². The van der Waals surface area contributed by atoms with Crippen LogP contribution in [0.2, 0.25) is 0 Å². The number of hydrogen-bond donors (Lipinski definition) is 0. The Morgan fingerprint density at radius 3 is 2.18 bits per heavy atom. The van der Waals surface area contributed by atoms with Crippen LogP contribution in [0.25, 0.3) is 0 Å². The Hall–Kier alpha value is -0.740. The summed E-state index contributed by atoms with van der Waals surface area (Å²) in [6.07, 6.45) is 3.58. The topological polar surface area (TPSA) is 34.1 Å². The molecule has 0 amide bonds. The lowest BCUT2D eigenvalue weighted by Crippen LogP contribution is -2.03. The van der Waals surface area contributed by atoms with Crippen LogP contribution in [-0.2, 0) is 9.84 Å². The Bertz CT molecular complexity index is 497. The lowest BCUT2D eigenvalue weighted by molar-refractivity contribution is 0.603. The van der Waals surface area contributed by atoms with Gasteiger partial charge >= 0.3 is 0 Å². The molecule has 0 fully saturated rings. The summed E-state index contributed by atoms with van der Waals surface area (Å²) in [6, 6.07) is 6.96. The molecule has 0 unspecified atom stereocenters. The van der Waals surface area contributed by atoms with Crippen LogP contribution in [0.5, 0.6) is 0 Å². The number of sulfone groups is 1. The first-order valence-electron chi connectivity index (χ1n) is 5.45. The van der Waals surface area contributed by atoms with Gasteiger partial charge in [0.25, 0.3) is 0 Å². The normalized spacial score (nSPS) is 13.1. The Labute approximate surface area is 108 Å². The van der Waals surface area contributed by atoms with Gasteiger partial charge in [-0.15, -0.1) is 11.8 Å². The number of thioether (sulfide) groups is 1. The van der Waals surface area contributed by atoms with Gasteiger partial charge in [0.05, 0.1) is 4.90 Å². The summed E-state index contributed by atoms with van der Waals surface area (Å²) in [5, 5.41) is 0. The number of aryl methyl sites for hydroxylation is 1. The fourth-order valence-electron chi connectivity index (χ4n) is 1.37. The van der Waals surface area contributed by atoms with E-state index in [9.17, 15) is 8.42 Å². The average Bonchev–Trinajstić information content (AvgIpc) is 2.26. The summed E-state index contributed by atoms with van der Waals surface area (Å²) in [7, 11) is -3.34. The van der Waals surface area contributed by atoms with E-state index in [1.54, 1.807) is 24.5 Å². The zero-order valence-corrected chi connectivity index (χ0v) is 12.2. The summed E-state index contributed by atoms with van der Waals surface area (Å²) in [5.74, 6) is 0.220. The highest BCUT2D eigenvalue weighted by Crippen LogP contribution is 2.28. The number of benzene rings is 1. The molecule has 0 aliphatic heterocycles. The highest BCUT2D eigenvalue weighted by Gasteiger charge is 2.19. The van der Waals surface area contributed by atoms with Gasteiger partial charge in [0.15, 0.2) is 0 Å². The van der Waals surface area contributed by atoms with Crippen molar-refractivity contribution in [3.05, 3.63) is 40.1 Å². The van der Waals surface area contributed by atoms with Crippen molar-refractivity contribution in [2.75, 3.05) is 6.26 Å². The largest absolute Gasteiger partial charge is 0.218 e. The second-order valence-corrected chi connectivity index (χ2v) is 7.27. The molecule has 1 aromatic rings. The summed E-state index contributed by atoms with van der Waals surface area (Å²) >= 11 is 1.28. The van der Waals surface area contributed by atoms with Gasteiger partial charge in [0.1, 0.15) is 4.24 Å². The van der Waals surface area contributed by atoms with Crippen molar-refractivity contribution in [3.63, 3.8) is 0 Å². The maximum atomic E-state index is 12.3. The van der Waals surface area contributed by atoms with Crippen LogP contribution in [0.3, 0.4) is 0 Å². The molecule has 0 atom stereocenters. The van der Waals surface area contributed by atoms with E-state index >= 15 is 0 Å². The monoisotopic (exact) mass is 270 g/mol. The Kier molecular flexibility index (Phi) is 4.83. The van der Waals surface area contributed by atoms with E-state index in [0.29, 0.717) is 9.13 Å². The maximum absolute atomic E-state index is 12.3. The van der Waals surface area contributed by atoms with Gasteiger partial charge in [-0.25, -0.2) is 8.42 Å². The van der Waals surface area contributed by atoms with Gasteiger partial charge in [0.2, 0.25) is 9.84 Å². The Balaban J connectivity index is 3.22. The van der Waals surface area contributed by atoms with Crippen molar-refractivity contribution in [3.8, 4) is 0 Å². The quantitative estimate of drug-likeness (QED) is 0.838. The first-order valence-corrected chi connectivity index (χ1v) is 8.16. The van der Waals surface area contributed by atoms with E-state index in [4.69, 9.17) is 0 Å². The predicted molar refractivity (Wildman–Crippen MR) is 74.8 cm³/mol. The van der Waals surface area contributed by atoms with E-state index in [1.807, 2.05) is 32.9 Å². The number of allylic oxidation sites excluding steroid dienone is 1. The lowest BCUT2D eigenvalue weighted by atomic mass is 10.2. The molecule has 1 aromatic carbocycles. The third-order valence-electron chi connectivity index (χ3n) is 2.27. The van der Waals surface area contributed by atoms with E-state index in [1.165, 1.54) is 11.8 Å². The van der Waals surface area contributed by atoms with Crippen molar-refractivity contribution in [1.29, 1.82) is 0 Å². The molecule has 0 bridgehead atoms. The molecule has 4 heteroatoms. The molecule has 0 heterocycles. The third-order valence-corrected chi connectivity index (χ3v) is 5.52. The summed E-state index contributed by atoms with van der Waals surface area (Å²) in [4.78, 5) is 0.365. The molecule has 2 nitrogen and oxygen atoms in total. The van der Waals surface area contributed by atoms with E-state index in [2.05, 4.69) is 0 Å². The fourth-order valence-corrected chi connectivity index (χ4v) is 4.13. The minimum Gasteiger partial charge on any atom is -0.218 e. The van der Waals surface area contributed by atoms with Crippen LogP contribution in [-0.4, -0.2) is 14.7 Å². The smallest absolute Gasteiger partial charge is 0.212 e. The van der Waals surface area contributed by atoms with Gasteiger partial charge in [0, 0.05) is 0 Å². The molecule has 94 valence electrons. The molecular weight excluding hydrogens is 252 g/mol. The Morgan fingerprint density at radius 2 is 1.76 bits per heavy atom. The summed E-state index contributed by atoms with van der Waals surface area (Å²) < 4.78 is 25.1. The minimum atomic E-state index is -3.34. The zero-order chi connectivity index (χ0) is 13.1. The predicted octanol–water partition coefficient (Wildman–Crippen LogP) is 3.63. The van der Waals surface area contributed by atoms with Crippen LogP contribution in [0.4, 0.5) is 0 Å². The molecule has 0 spiro atoms. The molecule has 1 rings (SSSR count). The SMILES string of the molecule is CS/C(=C\C(C)C)S(=O)(=O)c1ccc(C)cc1. The van der Waals surface area contributed by atoms with Crippen LogP contribution in [0.15, 0.2) is 39.5 Å². The fraction of sp³-hybridized carbons (Fsp3) is 0.385. The van der Waals surface area contributed by atoms with Crippen molar-refractivity contribution in [2.45, 2.75) is 25.7 Å². The van der Waals surface area contributed by atoms with E-state index < -0.39 is 9.84 Å². The second kappa shape index (κ2) is 5.74. The second-order valence-electron chi connectivity index (χ2n) is 4.25. The third kappa shape index (κ3) is 3.61. The average molecular weight is 270 g/mol. The minimum absolute atomic E-state index is 0.220. The molecule has 0 aliphatic rings. The molecule has 0 aliphatic carbocycles. The number of hydrogen-bond acceptors (Lipinski definition) is 3. The molecule has 0 radical (unpaired) electrons. The van der Waals surface area contributed by atoms with Crippen LogP contribution in [0, 0.1) is 12.8 Å². The van der Waals surface area contributed by atoms with E-state index in [-0.39, 0.29) is 5.92 Å². The first-order chi connectivity index (χ1) is 7.87. The molecule has 0 saturated heterocycles. The first kappa shape index (κ1) is 14.3. The Morgan fingerprint density at radius 1 is 1.24 bits per heavy atom. The van der Waals surface area contributed by atoms with Gasteiger partial charge in [-0.3, -0.25) is 0 Å². The highest BCUT2D eigenvalue weighted by atomic mass is 32.3. The van der Waals surface area contributed by atoms with Crippen LogP contribution < -0.4 is 0 Å². The van der Waals surface area contributed by atoms with Gasteiger partial charge in [-0.1, -0.05) is 37.6 Å². The van der Waals surface area contributed by atoms with Crippen molar-refractivity contribution >= 4 is 21.6 Å². The molecular formula is C13H18O2S2. The molecule has 17 heavy (non-hydrogen) atoms. The molecule has 0 saturated carbocycles. The maximum Gasteiger partial charge on any atom is 0.212 e. The van der Waals surface area contributed by atoms with Crippen LogP contribution in [0.1, 0.15) is 19.4 Å². The van der Waals surface area contributed by atoms with Gasteiger partial charge in [-0.05, 0) is 31.2 Å². The van der Waals surface area contributed by atoms with Crippen molar-refractivity contribution < 1.29 is 8.42 Å². The van der Waals surface area contributed by atoms with Crippen molar-refractivity contribution in [1.82, 2.24) is 0 Å². The molecule has 0 N–H and O–H groups in total. The summed E-state index contributed by atoms with van der Waals surface area (Å²) in [6.45, 7) is 5.89. The number of rotatable bonds is 4. The van der Waals surface area contributed by atoms with Gasteiger partial charge < -0.3 is 0 Å². The standard InChI is InChI=1S/C13H18O2S2/c1-10(2)9-13(16-4)17(14,15)12-7-5-11(3)6-8-12/h5-10H,1-4H3/b13-9+. The van der Waals surface area contributed by atoms with E-state index in [0.717, 1.165) is 5.56 Å². The van der Waals surface area contributed by atoms with Gasteiger partial charge in [-0.2, -0.15) is 0 Å². The highest BCUT2D eigenvalue weighted by molar-refractivity contribution is 8.18. The lowest BCUT2D eigenvalue weighted by Gasteiger charge is -2.08.